The standard InChI is InChI=1S/C60H97NO18/c1-38-15-11-10-12-16-39(2)51(77-28-27-76-37-46(35-74-25-23-62)36-75-26-24-63)33-47-20-18-44(7)60(71,79-47)57(68)58(69)61-22-14-13-17-48(61)59(70)78-52(41(4)31-45-19-21-49(64)53(32-45)72-8)34-50(65)40(3)30-43(6)55(67)56(73-9)54(66)42(5)29-38/h10-12,15-16,30,38,40-42,44-49,51-53,55-56,62-64,67,71H,13-14,17-29,31-37H2,1-9H3/b12-10+,15-11+,39-16+,43-30+/t38-,40-,41-,42-,44-,45+,47+,48+,49-,51+,52+,53-,55-,56+,60-/m1/s1. The molecule has 0 unspecified atom stereocenters. The Morgan fingerprint density at radius 1 is 0.785 bits per heavy atom. The van der Waals surface area contributed by atoms with Crippen molar-refractivity contribution in [2.75, 3.05) is 80.2 Å². The zero-order valence-electron chi connectivity index (χ0n) is 48.7. The van der Waals surface area contributed by atoms with Crippen molar-refractivity contribution in [1.82, 2.24) is 4.90 Å². The van der Waals surface area contributed by atoms with E-state index in [2.05, 4.69) is 0 Å². The van der Waals surface area contributed by atoms with Crippen molar-refractivity contribution in [2.45, 2.75) is 180 Å². The number of hydrogen-bond acceptors (Lipinski definition) is 18. The number of carbonyl (C=O) groups excluding carboxylic acids is 5. The molecule has 15 atom stereocenters. The number of piperidine rings is 1. The molecule has 5 N–H and O–H groups in total. The van der Waals surface area contributed by atoms with Crippen LogP contribution in [0.15, 0.2) is 47.6 Å². The Balaban J connectivity index is 1.68. The number of nitrogens with zero attached hydrogens (tertiary/aromatic N) is 1. The van der Waals surface area contributed by atoms with Gasteiger partial charge in [0.1, 0.15) is 30.1 Å². The van der Waals surface area contributed by atoms with Gasteiger partial charge in [0, 0.05) is 57.3 Å². The Hall–Kier alpha value is -3.57. The lowest BCUT2D eigenvalue weighted by molar-refractivity contribution is -0.266. The fourth-order valence-corrected chi connectivity index (χ4v) is 11.3. The van der Waals surface area contributed by atoms with Crippen LogP contribution in [-0.4, -0.2) is 194 Å². The Kier molecular flexibility index (Phi) is 29.9. The molecule has 0 radical (unpaired) electrons. The van der Waals surface area contributed by atoms with E-state index in [4.69, 9.17) is 37.9 Å². The number of Topliss-reactive ketones (excluding diaryl/α,β-unsaturated/α-hetero) is 3. The molecule has 450 valence electrons. The molecule has 3 heterocycles. The van der Waals surface area contributed by atoms with Crippen LogP contribution in [-0.2, 0) is 61.9 Å². The van der Waals surface area contributed by atoms with Crippen LogP contribution in [0.1, 0.15) is 126 Å². The van der Waals surface area contributed by atoms with Crippen LogP contribution in [0.25, 0.3) is 0 Å². The summed E-state index contributed by atoms with van der Waals surface area (Å²) in [5.41, 5.74) is 1.16. The number of amides is 1. The fourth-order valence-electron chi connectivity index (χ4n) is 11.3. The maximum Gasteiger partial charge on any atom is 0.329 e. The number of rotatable bonds is 19. The number of cyclic esters (lactones) is 1. The predicted octanol–water partition coefficient (Wildman–Crippen LogP) is 5.20. The number of ether oxygens (including phenoxy) is 8. The Morgan fingerprint density at radius 2 is 1.47 bits per heavy atom. The molecule has 4 rings (SSSR count). The van der Waals surface area contributed by atoms with Crippen LogP contribution in [0.4, 0.5) is 0 Å². The van der Waals surface area contributed by atoms with Gasteiger partial charge in [-0.25, -0.2) is 4.79 Å². The SMILES string of the molecule is CO[C@@H]1C[C@H](C[C@@H](C)[C@@H]2CC(=O)[C@H](C)/C=C(\C)[C@@H](O)[C@@H](OC)C(=O)[C@H](C)C[C@H](C)/C=C/C=C/C=C(\C)[C@@H](OCCOCC(COCCO)COCCO)C[C@@H]3CC[C@@H](C)[C@@](O)(O3)C(=O)C(=O)N3CCCC[C@H]3C(=O)O2)CC[C@H]1O. The van der Waals surface area contributed by atoms with Crippen LogP contribution in [0, 0.1) is 41.4 Å². The lowest BCUT2D eigenvalue weighted by Crippen LogP contribution is -2.61. The summed E-state index contributed by atoms with van der Waals surface area (Å²) in [5.74, 6) is -8.67. The van der Waals surface area contributed by atoms with Crippen LogP contribution < -0.4 is 0 Å². The highest BCUT2D eigenvalue weighted by atomic mass is 16.6. The Labute approximate surface area is 469 Å². The van der Waals surface area contributed by atoms with Crippen LogP contribution >= 0.6 is 0 Å². The molecule has 1 aliphatic carbocycles. The third-order valence-electron chi connectivity index (χ3n) is 16.3. The van der Waals surface area contributed by atoms with E-state index < -0.39 is 83.9 Å². The summed E-state index contributed by atoms with van der Waals surface area (Å²) < 4.78 is 47.2. The monoisotopic (exact) mass is 1120 g/mol. The van der Waals surface area contributed by atoms with Crippen molar-refractivity contribution in [2.24, 2.45) is 41.4 Å². The summed E-state index contributed by atoms with van der Waals surface area (Å²) in [6, 6.07) is -1.19. The summed E-state index contributed by atoms with van der Waals surface area (Å²) in [7, 11) is 2.93. The quantitative estimate of drug-likeness (QED) is 0.0482. The van der Waals surface area contributed by atoms with E-state index in [9.17, 15) is 49.5 Å². The summed E-state index contributed by atoms with van der Waals surface area (Å²) in [5, 5.41) is 52.7. The average molecular weight is 1120 g/mol. The minimum Gasteiger partial charge on any atom is -0.460 e. The fraction of sp³-hybridized carbons (Fsp3) is 0.783. The lowest BCUT2D eigenvalue weighted by Gasteiger charge is -2.43. The van der Waals surface area contributed by atoms with Gasteiger partial charge in [-0.3, -0.25) is 19.2 Å². The molecule has 1 saturated carbocycles. The Morgan fingerprint density at radius 3 is 2.13 bits per heavy atom. The van der Waals surface area contributed by atoms with Gasteiger partial charge in [0.2, 0.25) is 5.79 Å². The zero-order chi connectivity index (χ0) is 58.2. The van der Waals surface area contributed by atoms with Crippen molar-refractivity contribution in [1.29, 1.82) is 0 Å². The summed E-state index contributed by atoms with van der Waals surface area (Å²) >= 11 is 0. The first kappa shape index (κ1) is 67.9. The third kappa shape index (κ3) is 21.0. The van der Waals surface area contributed by atoms with Crippen molar-refractivity contribution in [3.63, 3.8) is 0 Å². The van der Waals surface area contributed by atoms with Gasteiger partial charge in [0.05, 0.1) is 83.9 Å². The van der Waals surface area contributed by atoms with Crippen LogP contribution in [0.5, 0.6) is 0 Å². The second kappa shape index (κ2) is 34.8. The molecule has 19 heteroatoms. The number of hydrogen-bond donors (Lipinski definition) is 5. The first-order valence-corrected chi connectivity index (χ1v) is 28.9. The molecule has 19 nitrogen and oxygen atoms in total. The highest BCUT2D eigenvalue weighted by Gasteiger charge is 2.53. The highest BCUT2D eigenvalue weighted by Crippen LogP contribution is 2.38. The first-order chi connectivity index (χ1) is 37.7. The number of esters is 1. The lowest BCUT2D eigenvalue weighted by atomic mass is 9.78. The van der Waals surface area contributed by atoms with E-state index in [0.29, 0.717) is 63.4 Å². The smallest absolute Gasteiger partial charge is 0.329 e. The largest absolute Gasteiger partial charge is 0.460 e. The van der Waals surface area contributed by atoms with E-state index >= 15 is 0 Å². The van der Waals surface area contributed by atoms with Gasteiger partial charge in [-0.2, -0.15) is 0 Å². The van der Waals surface area contributed by atoms with Crippen molar-refractivity contribution in [3.05, 3.63) is 47.6 Å². The van der Waals surface area contributed by atoms with Gasteiger partial charge in [-0.1, -0.05) is 71.1 Å². The number of carbonyl (C=O) groups is 5. The van der Waals surface area contributed by atoms with Gasteiger partial charge in [-0.15, -0.1) is 0 Å². The molecule has 4 aliphatic rings. The molecule has 0 aromatic carbocycles. The normalized spacial score (nSPS) is 35.5. The molecule has 1 amide bonds. The van der Waals surface area contributed by atoms with Gasteiger partial charge >= 0.3 is 5.97 Å². The van der Waals surface area contributed by atoms with Crippen LogP contribution in [0.3, 0.4) is 0 Å². The molecule has 2 bridgehead atoms. The number of fused-ring (bicyclic) bond motifs is 3. The number of allylic oxidation sites excluding steroid dienone is 6. The second-order valence-electron chi connectivity index (χ2n) is 22.8. The molecule has 79 heavy (non-hydrogen) atoms. The molecular formula is C60H97NO18. The molecule has 3 aliphatic heterocycles. The van der Waals surface area contributed by atoms with Gasteiger partial charge < -0.3 is 68.3 Å². The number of aliphatic hydroxyl groups excluding tert-OH is 4. The molecule has 3 fully saturated rings. The first-order valence-electron chi connectivity index (χ1n) is 28.9. The third-order valence-corrected chi connectivity index (χ3v) is 16.3. The molecular weight excluding hydrogens is 1020 g/mol. The minimum absolute atomic E-state index is 0.0395. The minimum atomic E-state index is -2.52. The second-order valence-corrected chi connectivity index (χ2v) is 22.8. The topological polar surface area (TPSA) is 264 Å². The van der Waals surface area contributed by atoms with Crippen LogP contribution in [0.2, 0.25) is 0 Å². The molecule has 0 aromatic rings. The predicted molar refractivity (Wildman–Crippen MR) is 294 cm³/mol. The number of aliphatic hydroxyl groups is 5. The molecule has 0 aromatic heterocycles. The van der Waals surface area contributed by atoms with Crippen molar-refractivity contribution in [3.8, 4) is 0 Å². The molecule has 2 saturated heterocycles. The van der Waals surface area contributed by atoms with E-state index in [0.717, 1.165) is 5.57 Å². The van der Waals surface area contributed by atoms with Crippen molar-refractivity contribution < 1.29 is 87.4 Å². The number of ketones is 3. The van der Waals surface area contributed by atoms with E-state index in [1.54, 1.807) is 40.9 Å². The van der Waals surface area contributed by atoms with Crippen molar-refractivity contribution >= 4 is 29.2 Å². The van der Waals surface area contributed by atoms with Gasteiger partial charge in [-0.05, 0) is 107 Å². The maximum absolute atomic E-state index is 14.6. The number of methoxy groups -OCH3 is 2. The highest BCUT2D eigenvalue weighted by molar-refractivity contribution is 6.39. The summed E-state index contributed by atoms with van der Waals surface area (Å²) in [6.45, 7) is 13.8. The Bertz CT molecular complexity index is 2010. The summed E-state index contributed by atoms with van der Waals surface area (Å²) in [4.78, 5) is 72.9. The van der Waals surface area contributed by atoms with Gasteiger partial charge in [0.15, 0.2) is 5.78 Å². The van der Waals surface area contributed by atoms with E-state index in [1.165, 1.54) is 12.0 Å². The average Bonchev–Trinajstić information content (AvgIpc) is 3.47. The molecule has 0 spiro atoms. The van der Waals surface area contributed by atoms with E-state index in [1.807, 2.05) is 51.2 Å². The zero-order valence-corrected chi connectivity index (χ0v) is 48.7. The maximum atomic E-state index is 14.6. The van der Waals surface area contributed by atoms with E-state index in [-0.39, 0.29) is 127 Å². The summed E-state index contributed by atoms with van der Waals surface area (Å²) in [6.07, 6.45) is 10.1. The van der Waals surface area contributed by atoms with Gasteiger partial charge in [0.25, 0.3) is 11.7 Å².